The number of rotatable bonds is 7. The fraction of sp³-hybridized carbons (Fsp3) is 0.538. The molecule has 1 rings (SSSR count). The summed E-state index contributed by atoms with van der Waals surface area (Å²) >= 11 is 1.86. The molecule has 0 spiro atoms. The highest BCUT2D eigenvalue weighted by atomic mass is 32.2. The molecule has 0 aromatic heterocycles. The summed E-state index contributed by atoms with van der Waals surface area (Å²) < 4.78 is 0. The van der Waals surface area contributed by atoms with Gasteiger partial charge in [-0.2, -0.15) is 11.8 Å². The van der Waals surface area contributed by atoms with Crippen LogP contribution >= 0.6 is 11.8 Å². The van der Waals surface area contributed by atoms with Gasteiger partial charge in [-0.25, -0.2) is 0 Å². The van der Waals surface area contributed by atoms with Crippen LogP contribution in [-0.4, -0.2) is 47.2 Å². The largest absolute Gasteiger partial charge is 0.488 e. The summed E-state index contributed by atoms with van der Waals surface area (Å²) in [7, 11) is 0.682. The fourth-order valence-electron chi connectivity index (χ4n) is 1.86. The van der Waals surface area contributed by atoms with E-state index in [0.29, 0.717) is 11.5 Å². The van der Waals surface area contributed by atoms with Crippen LogP contribution in [0.1, 0.15) is 18.9 Å². The molecule has 0 fully saturated rings. The van der Waals surface area contributed by atoms with Crippen LogP contribution in [0, 0.1) is 0 Å². The Labute approximate surface area is 114 Å². The molecular formula is C13H22BNO2S. The van der Waals surface area contributed by atoms with Crippen molar-refractivity contribution in [2.75, 3.05) is 19.1 Å². The topological polar surface area (TPSA) is 43.7 Å². The van der Waals surface area contributed by atoms with Crippen molar-refractivity contribution in [2.24, 2.45) is 0 Å². The van der Waals surface area contributed by atoms with Crippen molar-refractivity contribution in [1.82, 2.24) is 4.90 Å². The lowest BCUT2D eigenvalue weighted by molar-refractivity contribution is 0.245. The Kier molecular flexibility index (Phi) is 6.78. The van der Waals surface area contributed by atoms with E-state index in [0.717, 1.165) is 24.3 Å². The van der Waals surface area contributed by atoms with Crippen molar-refractivity contribution in [1.29, 1.82) is 0 Å². The molecule has 1 atom stereocenters. The van der Waals surface area contributed by atoms with Gasteiger partial charge in [0, 0.05) is 12.6 Å². The molecule has 0 amide bonds. The molecule has 0 aliphatic carbocycles. The maximum atomic E-state index is 9.33. The second-order valence-electron chi connectivity index (χ2n) is 4.62. The predicted octanol–water partition coefficient (Wildman–Crippen LogP) is 0.940. The first-order chi connectivity index (χ1) is 8.56. The van der Waals surface area contributed by atoms with Crippen molar-refractivity contribution >= 4 is 24.3 Å². The highest BCUT2D eigenvalue weighted by Gasteiger charge is 2.17. The molecule has 1 aromatic rings. The molecule has 0 saturated carbocycles. The third kappa shape index (κ3) is 4.65. The van der Waals surface area contributed by atoms with Gasteiger partial charge in [-0.15, -0.1) is 0 Å². The molecule has 1 unspecified atom stereocenters. The van der Waals surface area contributed by atoms with E-state index in [4.69, 9.17) is 0 Å². The molecule has 18 heavy (non-hydrogen) atoms. The van der Waals surface area contributed by atoms with Crippen LogP contribution in [0.25, 0.3) is 0 Å². The standard InChI is InChI=1S/C13H22BNO2S/c1-11(8-9-18-3)15(2)10-12-6-4-5-7-13(12)14(16)17/h4-7,11,16-17H,8-10H2,1-3H3. The van der Waals surface area contributed by atoms with Gasteiger partial charge in [0.1, 0.15) is 0 Å². The van der Waals surface area contributed by atoms with Gasteiger partial charge in [-0.3, -0.25) is 4.90 Å². The molecular weight excluding hydrogens is 245 g/mol. The van der Waals surface area contributed by atoms with Crippen LogP contribution in [0.4, 0.5) is 0 Å². The summed E-state index contributed by atoms with van der Waals surface area (Å²) in [6.07, 6.45) is 3.26. The second-order valence-corrected chi connectivity index (χ2v) is 5.60. The number of hydrogen-bond acceptors (Lipinski definition) is 4. The molecule has 5 heteroatoms. The van der Waals surface area contributed by atoms with E-state index in [1.165, 1.54) is 0 Å². The number of thioether (sulfide) groups is 1. The lowest BCUT2D eigenvalue weighted by Crippen LogP contribution is -2.37. The van der Waals surface area contributed by atoms with E-state index < -0.39 is 7.12 Å². The van der Waals surface area contributed by atoms with Gasteiger partial charge < -0.3 is 10.0 Å². The molecule has 0 aliphatic rings. The van der Waals surface area contributed by atoms with Crippen molar-refractivity contribution < 1.29 is 10.0 Å². The Morgan fingerprint density at radius 2 is 2.00 bits per heavy atom. The zero-order valence-electron chi connectivity index (χ0n) is 11.3. The Balaban J connectivity index is 2.66. The van der Waals surface area contributed by atoms with Gasteiger partial charge in [0.05, 0.1) is 0 Å². The summed E-state index contributed by atoms with van der Waals surface area (Å²) in [6, 6.07) is 7.96. The Bertz CT molecular complexity index is 363. The predicted molar refractivity (Wildman–Crippen MR) is 80.2 cm³/mol. The quantitative estimate of drug-likeness (QED) is 0.722. The molecule has 0 radical (unpaired) electrons. The zero-order valence-corrected chi connectivity index (χ0v) is 12.2. The first kappa shape index (κ1) is 15.6. The van der Waals surface area contributed by atoms with E-state index in [-0.39, 0.29) is 0 Å². The zero-order chi connectivity index (χ0) is 13.5. The molecule has 0 aliphatic heterocycles. The summed E-state index contributed by atoms with van der Waals surface area (Å²) in [4.78, 5) is 2.25. The molecule has 0 heterocycles. The van der Waals surface area contributed by atoms with Gasteiger partial charge in [0.25, 0.3) is 0 Å². The minimum Gasteiger partial charge on any atom is -0.423 e. The number of nitrogens with zero attached hydrogens (tertiary/aromatic N) is 1. The Hall–Kier alpha value is -0.485. The van der Waals surface area contributed by atoms with Crippen LogP contribution in [-0.2, 0) is 6.54 Å². The summed E-state index contributed by atoms with van der Waals surface area (Å²) in [5.74, 6) is 1.15. The van der Waals surface area contributed by atoms with Crippen molar-refractivity contribution in [3.63, 3.8) is 0 Å². The monoisotopic (exact) mass is 267 g/mol. The van der Waals surface area contributed by atoms with Crippen LogP contribution in [0.5, 0.6) is 0 Å². The van der Waals surface area contributed by atoms with E-state index in [1.54, 1.807) is 6.07 Å². The molecule has 1 aromatic carbocycles. The minimum atomic E-state index is -1.39. The van der Waals surface area contributed by atoms with Gasteiger partial charge in [-0.05, 0) is 43.4 Å². The second kappa shape index (κ2) is 7.84. The molecule has 0 bridgehead atoms. The fourth-order valence-corrected chi connectivity index (χ4v) is 2.44. The van der Waals surface area contributed by atoms with Crippen LogP contribution in [0.3, 0.4) is 0 Å². The van der Waals surface area contributed by atoms with E-state index in [2.05, 4.69) is 25.1 Å². The third-order valence-electron chi connectivity index (χ3n) is 3.25. The van der Waals surface area contributed by atoms with Gasteiger partial charge >= 0.3 is 7.12 Å². The average molecular weight is 267 g/mol. The Morgan fingerprint density at radius 1 is 1.33 bits per heavy atom. The molecule has 100 valence electrons. The third-order valence-corrected chi connectivity index (χ3v) is 3.89. The Morgan fingerprint density at radius 3 is 2.61 bits per heavy atom. The van der Waals surface area contributed by atoms with Gasteiger partial charge in [0.15, 0.2) is 0 Å². The maximum absolute atomic E-state index is 9.33. The minimum absolute atomic E-state index is 0.487. The highest BCUT2D eigenvalue weighted by Crippen LogP contribution is 2.09. The van der Waals surface area contributed by atoms with Crippen LogP contribution in [0.15, 0.2) is 24.3 Å². The van der Waals surface area contributed by atoms with Crippen molar-refractivity contribution in [3.8, 4) is 0 Å². The lowest BCUT2D eigenvalue weighted by atomic mass is 9.77. The van der Waals surface area contributed by atoms with Gasteiger partial charge in [0.2, 0.25) is 0 Å². The SMILES string of the molecule is CSCCC(C)N(C)Cc1ccccc1B(O)O. The van der Waals surface area contributed by atoms with E-state index in [1.807, 2.05) is 30.0 Å². The number of benzene rings is 1. The molecule has 0 saturated heterocycles. The summed E-state index contributed by atoms with van der Waals surface area (Å²) in [6.45, 7) is 2.94. The summed E-state index contributed by atoms with van der Waals surface area (Å²) in [5, 5.41) is 18.7. The number of hydrogen-bond donors (Lipinski definition) is 2. The van der Waals surface area contributed by atoms with Crippen molar-refractivity contribution in [2.45, 2.75) is 25.9 Å². The highest BCUT2D eigenvalue weighted by molar-refractivity contribution is 7.98. The molecule has 2 N–H and O–H groups in total. The smallest absolute Gasteiger partial charge is 0.423 e. The lowest BCUT2D eigenvalue weighted by Gasteiger charge is -2.25. The van der Waals surface area contributed by atoms with Gasteiger partial charge in [-0.1, -0.05) is 24.3 Å². The van der Waals surface area contributed by atoms with E-state index in [9.17, 15) is 10.0 Å². The first-order valence-corrected chi connectivity index (χ1v) is 7.58. The maximum Gasteiger partial charge on any atom is 0.488 e. The van der Waals surface area contributed by atoms with E-state index >= 15 is 0 Å². The molecule has 3 nitrogen and oxygen atoms in total. The normalized spacial score (nSPS) is 12.8. The van der Waals surface area contributed by atoms with Crippen LogP contribution < -0.4 is 5.46 Å². The average Bonchev–Trinajstić information content (AvgIpc) is 2.36. The first-order valence-electron chi connectivity index (χ1n) is 6.19. The van der Waals surface area contributed by atoms with Crippen LogP contribution in [0.2, 0.25) is 0 Å². The summed E-state index contributed by atoms with van der Waals surface area (Å²) in [5.41, 5.74) is 1.58. The van der Waals surface area contributed by atoms with Crippen molar-refractivity contribution in [3.05, 3.63) is 29.8 Å².